The molecule has 25 heavy (non-hydrogen) atoms. The van der Waals surface area contributed by atoms with E-state index in [0.29, 0.717) is 24.2 Å². The minimum absolute atomic E-state index is 0.230. The number of hydrogen-bond donors (Lipinski definition) is 1. The quantitative estimate of drug-likeness (QED) is 0.917. The van der Waals surface area contributed by atoms with Crippen LogP contribution in [0.5, 0.6) is 5.75 Å². The molecular formula is C18H21N3O4. The zero-order valence-corrected chi connectivity index (χ0v) is 14.5. The first kappa shape index (κ1) is 15.9. The van der Waals surface area contributed by atoms with Gasteiger partial charge >= 0.3 is 6.09 Å². The number of carbonyl (C=O) groups excluding carboxylic acids is 1. The number of rotatable bonds is 3. The lowest BCUT2D eigenvalue weighted by atomic mass is 10.1. The van der Waals surface area contributed by atoms with E-state index in [4.69, 9.17) is 14.0 Å². The Hall–Kier alpha value is -2.57. The van der Waals surface area contributed by atoms with Gasteiger partial charge in [-0.15, -0.1) is 0 Å². The van der Waals surface area contributed by atoms with Crippen LogP contribution in [0.4, 0.5) is 4.79 Å². The van der Waals surface area contributed by atoms with E-state index < -0.39 is 11.7 Å². The van der Waals surface area contributed by atoms with Crippen LogP contribution in [0.15, 0.2) is 22.7 Å². The summed E-state index contributed by atoms with van der Waals surface area (Å²) >= 11 is 0. The van der Waals surface area contributed by atoms with Gasteiger partial charge in [-0.3, -0.25) is 0 Å². The average molecular weight is 343 g/mol. The van der Waals surface area contributed by atoms with Gasteiger partial charge < -0.3 is 19.3 Å². The molecule has 132 valence electrons. The molecule has 0 saturated heterocycles. The van der Waals surface area contributed by atoms with Gasteiger partial charge in [-0.05, 0) is 39.7 Å². The molecule has 0 unspecified atom stereocenters. The van der Waals surface area contributed by atoms with E-state index in [1.807, 2.05) is 39.0 Å². The molecule has 0 radical (unpaired) electrons. The van der Waals surface area contributed by atoms with Crippen molar-refractivity contribution in [3.63, 3.8) is 0 Å². The molecule has 0 spiro atoms. The molecule has 1 atom stereocenters. The molecule has 7 nitrogen and oxygen atoms in total. The summed E-state index contributed by atoms with van der Waals surface area (Å²) in [6.45, 7) is 5.87. The Morgan fingerprint density at radius 2 is 2.12 bits per heavy atom. The zero-order valence-electron chi connectivity index (χ0n) is 14.5. The summed E-state index contributed by atoms with van der Waals surface area (Å²) in [6, 6.07) is 5.49. The van der Waals surface area contributed by atoms with Crippen molar-refractivity contribution < 1.29 is 18.8 Å². The highest BCUT2D eigenvalue weighted by Gasteiger charge is 2.31. The number of nitrogens with one attached hydrogen (secondary N) is 1. The molecule has 4 rings (SSSR count). The first-order chi connectivity index (χ1) is 11.9. The summed E-state index contributed by atoms with van der Waals surface area (Å²) in [4.78, 5) is 16.4. The lowest BCUT2D eigenvalue weighted by Gasteiger charge is -2.21. The second-order valence-corrected chi connectivity index (χ2v) is 7.49. The normalized spacial score (nSPS) is 19.2. The van der Waals surface area contributed by atoms with Crippen LogP contribution in [-0.4, -0.2) is 28.4 Å². The molecular weight excluding hydrogens is 322 g/mol. The fourth-order valence-corrected chi connectivity index (χ4v) is 2.77. The average Bonchev–Trinajstić information content (AvgIpc) is 3.13. The molecule has 7 heteroatoms. The van der Waals surface area contributed by atoms with E-state index in [1.54, 1.807) is 0 Å². The Balaban J connectivity index is 1.49. The zero-order chi connectivity index (χ0) is 17.6. The van der Waals surface area contributed by atoms with Crippen LogP contribution >= 0.6 is 0 Å². The first-order valence-corrected chi connectivity index (χ1v) is 8.49. The number of amides is 1. The maximum atomic E-state index is 12.0. The smallest absolute Gasteiger partial charge is 0.408 e. The number of ether oxygens (including phenoxy) is 2. The summed E-state index contributed by atoms with van der Waals surface area (Å²) in [5.74, 6) is 2.42. The predicted octanol–water partition coefficient (Wildman–Crippen LogP) is 3.57. The molecule has 1 aromatic heterocycles. The standard InChI is InChI=1S/C18H21N3O4/c1-18(2,3)24-17(22)19-13-9-23-14-8-11(6-7-12(13)14)15-20-16(25-21-15)10-4-5-10/h6-8,10,13H,4-5,9H2,1-3H3,(H,19,22)/t13-/m1/s1. The van der Waals surface area contributed by atoms with Crippen molar-refractivity contribution in [1.82, 2.24) is 15.5 Å². The number of nitrogens with zero attached hydrogens (tertiary/aromatic N) is 2. The van der Waals surface area contributed by atoms with Crippen molar-refractivity contribution in [3.8, 4) is 17.1 Å². The van der Waals surface area contributed by atoms with Gasteiger partial charge in [0.15, 0.2) is 0 Å². The predicted molar refractivity (Wildman–Crippen MR) is 89.3 cm³/mol. The summed E-state index contributed by atoms with van der Waals surface area (Å²) in [6.07, 6.45) is 1.78. The Kier molecular flexibility index (Phi) is 3.67. The van der Waals surface area contributed by atoms with Crippen molar-refractivity contribution in [2.45, 2.75) is 51.2 Å². The first-order valence-electron chi connectivity index (χ1n) is 8.49. The molecule has 1 N–H and O–H groups in total. The third kappa shape index (κ3) is 3.45. The van der Waals surface area contributed by atoms with E-state index >= 15 is 0 Å². The molecule has 1 aliphatic heterocycles. The van der Waals surface area contributed by atoms with Crippen molar-refractivity contribution in [2.75, 3.05) is 6.61 Å². The van der Waals surface area contributed by atoms with Crippen LogP contribution < -0.4 is 10.1 Å². The minimum Gasteiger partial charge on any atom is -0.491 e. The molecule has 1 saturated carbocycles. The molecule has 1 fully saturated rings. The molecule has 1 aromatic carbocycles. The summed E-state index contributed by atoms with van der Waals surface area (Å²) in [5, 5.41) is 6.89. The van der Waals surface area contributed by atoms with Gasteiger partial charge in [-0.25, -0.2) is 4.79 Å². The van der Waals surface area contributed by atoms with Crippen LogP contribution in [0.3, 0.4) is 0 Å². The van der Waals surface area contributed by atoms with Gasteiger partial charge in [0.1, 0.15) is 18.0 Å². The Labute approximate surface area is 145 Å². The molecule has 2 aliphatic rings. The maximum Gasteiger partial charge on any atom is 0.408 e. The van der Waals surface area contributed by atoms with Gasteiger partial charge in [-0.1, -0.05) is 17.3 Å². The molecule has 1 aliphatic carbocycles. The van der Waals surface area contributed by atoms with Gasteiger partial charge in [0.25, 0.3) is 0 Å². The van der Waals surface area contributed by atoms with E-state index in [1.165, 1.54) is 0 Å². The van der Waals surface area contributed by atoms with Crippen molar-refractivity contribution in [1.29, 1.82) is 0 Å². The summed E-state index contributed by atoms with van der Waals surface area (Å²) < 4.78 is 16.3. The van der Waals surface area contributed by atoms with Gasteiger partial charge in [0.05, 0.1) is 6.04 Å². The third-order valence-corrected chi connectivity index (χ3v) is 4.11. The van der Waals surface area contributed by atoms with E-state index in [2.05, 4.69) is 15.5 Å². The van der Waals surface area contributed by atoms with Crippen LogP contribution in [0.1, 0.15) is 57.0 Å². The fourth-order valence-electron chi connectivity index (χ4n) is 2.77. The van der Waals surface area contributed by atoms with Crippen molar-refractivity contribution in [3.05, 3.63) is 29.7 Å². The monoisotopic (exact) mass is 343 g/mol. The summed E-state index contributed by atoms with van der Waals surface area (Å²) in [5.41, 5.74) is 1.22. The largest absolute Gasteiger partial charge is 0.491 e. The SMILES string of the molecule is CC(C)(C)OC(=O)N[C@@H]1COc2cc(-c3noc(C4CC4)n3)ccc21. The number of alkyl carbamates (subject to hydrolysis) is 1. The number of hydrogen-bond acceptors (Lipinski definition) is 6. The second kappa shape index (κ2) is 5.75. The highest BCUT2D eigenvalue weighted by molar-refractivity contribution is 5.69. The lowest BCUT2D eigenvalue weighted by Crippen LogP contribution is -2.35. The van der Waals surface area contributed by atoms with Crippen LogP contribution in [-0.2, 0) is 4.74 Å². The van der Waals surface area contributed by atoms with Gasteiger partial charge in [0, 0.05) is 17.0 Å². The second-order valence-electron chi connectivity index (χ2n) is 7.49. The van der Waals surface area contributed by atoms with Gasteiger partial charge in [0.2, 0.25) is 11.7 Å². The van der Waals surface area contributed by atoms with E-state index in [9.17, 15) is 4.79 Å². The van der Waals surface area contributed by atoms with Crippen molar-refractivity contribution >= 4 is 6.09 Å². The van der Waals surface area contributed by atoms with Gasteiger partial charge in [-0.2, -0.15) is 4.98 Å². The Morgan fingerprint density at radius 3 is 2.84 bits per heavy atom. The van der Waals surface area contributed by atoms with Crippen molar-refractivity contribution in [2.24, 2.45) is 0 Å². The van der Waals surface area contributed by atoms with Crippen LogP contribution in [0, 0.1) is 0 Å². The number of aromatic nitrogens is 2. The number of benzene rings is 1. The number of carbonyl (C=O) groups is 1. The Morgan fingerprint density at radius 1 is 1.32 bits per heavy atom. The third-order valence-electron chi connectivity index (χ3n) is 4.11. The molecule has 2 aromatic rings. The van der Waals surface area contributed by atoms with Crippen LogP contribution in [0.25, 0.3) is 11.4 Å². The highest BCUT2D eigenvalue weighted by Crippen LogP contribution is 2.40. The minimum atomic E-state index is -0.534. The topological polar surface area (TPSA) is 86.5 Å². The lowest BCUT2D eigenvalue weighted by molar-refractivity contribution is 0.0497. The maximum absolute atomic E-state index is 12.0. The van der Waals surface area contributed by atoms with Crippen LogP contribution in [0.2, 0.25) is 0 Å². The Bertz CT molecular complexity index is 805. The molecule has 2 heterocycles. The van der Waals surface area contributed by atoms with E-state index in [-0.39, 0.29) is 6.04 Å². The fraction of sp³-hybridized carbons (Fsp3) is 0.500. The molecule has 1 amide bonds. The highest BCUT2D eigenvalue weighted by atomic mass is 16.6. The number of fused-ring (bicyclic) bond motifs is 1. The summed E-state index contributed by atoms with van der Waals surface area (Å²) in [7, 11) is 0. The van der Waals surface area contributed by atoms with E-state index in [0.717, 1.165) is 29.7 Å². The molecule has 0 bridgehead atoms.